The molecule has 1 N–H and O–H groups in total. The number of rotatable bonds is 4. The maximum absolute atomic E-state index is 5.81. The summed E-state index contributed by atoms with van der Waals surface area (Å²) in [7, 11) is 1.61. The average molecular weight is 249 g/mol. The highest BCUT2D eigenvalue weighted by Crippen LogP contribution is 2.14. The fraction of sp³-hybridized carbons (Fsp3) is 0.154. The third kappa shape index (κ3) is 3.36. The van der Waals surface area contributed by atoms with Crippen LogP contribution in [0.1, 0.15) is 5.56 Å². The quantitative estimate of drug-likeness (QED) is 0.901. The zero-order valence-electron chi connectivity index (χ0n) is 9.48. The molecule has 1 heterocycles. The Kier molecular flexibility index (Phi) is 3.83. The van der Waals surface area contributed by atoms with Crippen LogP contribution in [0.25, 0.3) is 0 Å². The Labute approximate surface area is 105 Å². The number of pyridine rings is 1. The van der Waals surface area contributed by atoms with Crippen molar-refractivity contribution in [3.63, 3.8) is 0 Å². The highest BCUT2D eigenvalue weighted by Gasteiger charge is 1.96. The van der Waals surface area contributed by atoms with E-state index in [9.17, 15) is 0 Å². The molecule has 4 heteroatoms. The van der Waals surface area contributed by atoms with Gasteiger partial charge in [0.2, 0.25) is 5.88 Å². The first-order valence-corrected chi connectivity index (χ1v) is 5.64. The molecule has 0 spiro atoms. The van der Waals surface area contributed by atoms with Crippen molar-refractivity contribution in [2.75, 3.05) is 12.4 Å². The smallest absolute Gasteiger partial charge is 0.212 e. The van der Waals surface area contributed by atoms with E-state index in [1.807, 2.05) is 36.4 Å². The lowest BCUT2D eigenvalue weighted by molar-refractivity contribution is 0.397. The molecule has 88 valence electrons. The second kappa shape index (κ2) is 5.55. The molecular formula is C13H13ClN2O. The van der Waals surface area contributed by atoms with Crippen LogP contribution in [0.3, 0.4) is 0 Å². The van der Waals surface area contributed by atoms with E-state index in [-0.39, 0.29) is 0 Å². The van der Waals surface area contributed by atoms with Crippen LogP contribution in [0.5, 0.6) is 5.88 Å². The minimum Gasteiger partial charge on any atom is -0.481 e. The van der Waals surface area contributed by atoms with E-state index < -0.39 is 0 Å². The molecule has 1 aromatic carbocycles. The van der Waals surface area contributed by atoms with Gasteiger partial charge in [0, 0.05) is 29.5 Å². The Morgan fingerprint density at radius 2 is 1.94 bits per heavy atom. The van der Waals surface area contributed by atoms with Crippen molar-refractivity contribution in [3.8, 4) is 5.88 Å². The van der Waals surface area contributed by atoms with Crippen molar-refractivity contribution in [1.29, 1.82) is 0 Å². The molecule has 0 aliphatic heterocycles. The number of methoxy groups -OCH3 is 1. The maximum atomic E-state index is 5.81. The molecule has 0 unspecified atom stereocenters. The zero-order chi connectivity index (χ0) is 12.1. The predicted molar refractivity (Wildman–Crippen MR) is 69.6 cm³/mol. The van der Waals surface area contributed by atoms with Gasteiger partial charge in [0.25, 0.3) is 0 Å². The number of benzene rings is 1. The predicted octanol–water partition coefficient (Wildman–Crippen LogP) is 3.36. The first-order chi connectivity index (χ1) is 8.28. The van der Waals surface area contributed by atoms with Gasteiger partial charge in [-0.1, -0.05) is 17.7 Å². The van der Waals surface area contributed by atoms with Crippen LogP contribution in [-0.2, 0) is 6.54 Å². The molecule has 0 fully saturated rings. The lowest BCUT2D eigenvalue weighted by Crippen LogP contribution is -1.99. The molecule has 0 saturated heterocycles. The number of aromatic nitrogens is 1. The van der Waals surface area contributed by atoms with Crippen LogP contribution < -0.4 is 10.1 Å². The molecule has 17 heavy (non-hydrogen) atoms. The van der Waals surface area contributed by atoms with Crippen LogP contribution in [-0.4, -0.2) is 12.1 Å². The summed E-state index contributed by atoms with van der Waals surface area (Å²) in [5.74, 6) is 0.625. The van der Waals surface area contributed by atoms with Gasteiger partial charge in [-0.3, -0.25) is 0 Å². The van der Waals surface area contributed by atoms with Gasteiger partial charge < -0.3 is 10.1 Å². The topological polar surface area (TPSA) is 34.1 Å². The van der Waals surface area contributed by atoms with Gasteiger partial charge in [0.05, 0.1) is 7.11 Å². The van der Waals surface area contributed by atoms with Gasteiger partial charge in [0.15, 0.2) is 0 Å². The minimum atomic E-state index is 0.625. The summed E-state index contributed by atoms with van der Waals surface area (Å²) in [5, 5.41) is 4.02. The molecule has 2 rings (SSSR count). The molecule has 0 radical (unpaired) electrons. The fourth-order valence-corrected chi connectivity index (χ4v) is 1.53. The van der Waals surface area contributed by atoms with Crippen LogP contribution in [0, 0.1) is 0 Å². The molecule has 3 nitrogen and oxygen atoms in total. The van der Waals surface area contributed by atoms with Crippen molar-refractivity contribution >= 4 is 17.3 Å². The number of halogens is 1. The van der Waals surface area contributed by atoms with Crippen molar-refractivity contribution in [2.45, 2.75) is 6.54 Å². The molecule has 1 aromatic heterocycles. The average Bonchev–Trinajstić information content (AvgIpc) is 2.39. The van der Waals surface area contributed by atoms with E-state index in [2.05, 4.69) is 10.3 Å². The van der Waals surface area contributed by atoms with Gasteiger partial charge in [-0.25, -0.2) is 4.98 Å². The van der Waals surface area contributed by atoms with Crippen molar-refractivity contribution in [2.24, 2.45) is 0 Å². The Morgan fingerprint density at radius 3 is 2.53 bits per heavy atom. The summed E-state index contributed by atoms with van der Waals surface area (Å²) in [6, 6.07) is 11.4. The molecule has 0 amide bonds. The van der Waals surface area contributed by atoms with E-state index in [0.717, 1.165) is 22.8 Å². The lowest BCUT2D eigenvalue weighted by atomic mass is 10.2. The third-order valence-electron chi connectivity index (χ3n) is 2.35. The van der Waals surface area contributed by atoms with Crippen LogP contribution in [0.4, 0.5) is 5.69 Å². The van der Waals surface area contributed by atoms with E-state index >= 15 is 0 Å². The van der Waals surface area contributed by atoms with Gasteiger partial charge in [0.1, 0.15) is 0 Å². The van der Waals surface area contributed by atoms with E-state index in [1.54, 1.807) is 13.3 Å². The number of anilines is 1. The van der Waals surface area contributed by atoms with Crippen LogP contribution in [0.15, 0.2) is 42.6 Å². The SMILES string of the molecule is COc1ccc(CNc2ccc(Cl)cc2)cn1. The summed E-state index contributed by atoms with van der Waals surface area (Å²) in [4.78, 5) is 4.14. The first kappa shape index (κ1) is 11.7. The summed E-state index contributed by atoms with van der Waals surface area (Å²) < 4.78 is 5.00. The molecule has 0 bridgehead atoms. The first-order valence-electron chi connectivity index (χ1n) is 5.26. The summed E-state index contributed by atoms with van der Waals surface area (Å²) >= 11 is 5.81. The Morgan fingerprint density at radius 1 is 1.18 bits per heavy atom. The fourth-order valence-electron chi connectivity index (χ4n) is 1.41. The Balaban J connectivity index is 1.95. The zero-order valence-corrected chi connectivity index (χ0v) is 10.2. The number of hydrogen-bond acceptors (Lipinski definition) is 3. The molecular weight excluding hydrogens is 236 g/mol. The number of nitrogens with zero attached hydrogens (tertiary/aromatic N) is 1. The number of ether oxygens (including phenoxy) is 1. The molecule has 0 aliphatic rings. The van der Waals surface area contributed by atoms with E-state index in [0.29, 0.717) is 5.88 Å². The van der Waals surface area contributed by atoms with Crippen molar-refractivity contribution in [3.05, 3.63) is 53.2 Å². The normalized spacial score (nSPS) is 10.0. The van der Waals surface area contributed by atoms with Gasteiger partial charge >= 0.3 is 0 Å². The van der Waals surface area contributed by atoms with Crippen LogP contribution >= 0.6 is 11.6 Å². The largest absolute Gasteiger partial charge is 0.481 e. The summed E-state index contributed by atoms with van der Waals surface area (Å²) in [6.45, 7) is 0.721. The monoisotopic (exact) mass is 248 g/mol. The summed E-state index contributed by atoms with van der Waals surface area (Å²) in [6.07, 6.45) is 1.79. The third-order valence-corrected chi connectivity index (χ3v) is 2.60. The molecule has 0 atom stereocenters. The highest BCUT2D eigenvalue weighted by molar-refractivity contribution is 6.30. The second-order valence-electron chi connectivity index (χ2n) is 3.57. The minimum absolute atomic E-state index is 0.625. The summed E-state index contributed by atoms with van der Waals surface area (Å²) in [5.41, 5.74) is 2.13. The molecule has 0 saturated carbocycles. The van der Waals surface area contributed by atoms with Crippen molar-refractivity contribution in [1.82, 2.24) is 4.98 Å². The van der Waals surface area contributed by atoms with Crippen LogP contribution in [0.2, 0.25) is 5.02 Å². The molecule has 2 aromatic rings. The van der Waals surface area contributed by atoms with Gasteiger partial charge in [-0.05, 0) is 29.8 Å². The maximum Gasteiger partial charge on any atom is 0.212 e. The number of nitrogens with one attached hydrogen (secondary N) is 1. The lowest BCUT2D eigenvalue weighted by Gasteiger charge is -2.06. The van der Waals surface area contributed by atoms with E-state index in [1.165, 1.54) is 0 Å². The second-order valence-corrected chi connectivity index (χ2v) is 4.01. The Bertz CT molecular complexity index is 468. The molecule has 0 aliphatic carbocycles. The van der Waals surface area contributed by atoms with Gasteiger partial charge in [-0.15, -0.1) is 0 Å². The standard InChI is InChI=1S/C13H13ClN2O/c1-17-13-7-2-10(9-16-13)8-15-12-5-3-11(14)4-6-12/h2-7,9,15H,8H2,1H3. The Hall–Kier alpha value is -1.74. The highest BCUT2D eigenvalue weighted by atomic mass is 35.5. The van der Waals surface area contributed by atoms with Gasteiger partial charge in [-0.2, -0.15) is 0 Å². The van der Waals surface area contributed by atoms with Crippen molar-refractivity contribution < 1.29 is 4.74 Å². The van der Waals surface area contributed by atoms with E-state index in [4.69, 9.17) is 16.3 Å². The number of hydrogen-bond donors (Lipinski definition) is 1.